The van der Waals surface area contributed by atoms with E-state index < -0.39 is 8.07 Å². The average Bonchev–Trinajstić information content (AvgIpc) is 3.10. The highest BCUT2D eigenvalue weighted by Crippen LogP contribution is 2.41. The smallest absolute Gasteiger partial charge is 0.285 e. The van der Waals surface area contributed by atoms with Crippen molar-refractivity contribution in [1.29, 1.82) is 0 Å². The highest BCUT2D eigenvalue weighted by molar-refractivity contribution is 6.90. The molecule has 1 aromatic heterocycles. The van der Waals surface area contributed by atoms with Gasteiger partial charge in [-0.25, -0.2) is 4.68 Å². The molecule has 0 bridgehead atoms. The molecule has 0 radical (unpaired) electrons. The standard InChI is InChI=1S/C23H33N3O3Si/c1-16(2)30(17(3)4,18(5)6)12-10-19-13-21-20(14-22(19)26(27)28)15-24-25(21)23-9-7-8-11-29-23/h13-18,23H,7-9,11H2,1-6H3. The maximum absolute atomic E-state index is 11.8. The quantitative estimate of drug-likeness (QED) is 0.246. The van der Waals surface area contributed by atoms with Crippen LogP contribution in [-0.2, 0) is 4.74 Å². The largest absolute Gasteiger partial charge is 0.356 e. The van der Waals surface area contributed by atoms with Crippen LogP contribution in [0.15, 0.2) is 18.3 Å². The third-order valence-corrected chi connectivity index (χ3v) is 12.9. The molecule has 1 aliphatic heterocycles. The summed E-state index contributed by atoms with van der Waals surface area (Å²) in [6.07, 6.45) is 4.63. The number of nitro groups is 1. The van der Waals surface area contributed by atoms with Gasteiger partial charge in [-0.1, -0.05) is 47.5 Å². The van der Waals surface area contributed by atoms with E-state index in [0.717, 1.165) is 36.8 Å². The van der Waals surface area contributed by atoms with Crippen LogP contribution in [0, 0.1) is 21.6 Å². The van der Waals surface area contributed by atoms with Gasteiger partial charge in [0, 0.05) is 18.1 Å². The zero-order valence-electron chi connectivity index (χ0n) is 18.9. The van der Waals surface area contributed by atoms with Crippen molar-refractivity contribution < 1.29 is 9.66 Å². The summed E-state index contributed by atoms with van der Waals surface area (Å²) in [5.41, 5.74) is 6.40. The third-order valence-electron chi connectivity index (χ3n) is 6.62. The summed E-state index contributed by atoms with van der Waals surface area (Å²) in [6, 6.07) is 3.45. The van der Waals surface area contributed by atoms with E-state index in [-0.39, 0.29) is 16.8 Å². The second-order valence-corrected chi connectivity index (χ2v) is 14.8. The summed E-state index contributed by atoms with van der Waals surface area (Å²) < 4.78 is 7.76. The fraction of sp³-hybridized carbons (Fsp3) is 0.609. The Morgan fingerprint density at radius 1 is 1.17 bits per heavy atom. The van der Waals surface area contributed by atoms with Gasteiger partial charge in [-0.15, -0.1) is 5.54 Å². The number of fused-ring (bicyclic) bond motifs is 1. The Bertz CT molecular complexity index is 957. The summed E-state index contributed by atoms with van der Waals surface area (Å²) in [6.45, 7) is 14.2. The zero-order valence-corrected chi connectivity index (χ0v) is 19.9. The van der Waals surface area contributed by atoms with Crippen LogP contribution in [0.2, 0.25) is 16.6 Å². The lowest BCUT2D eigenvalue weighted by molar-refractivity contribution is -0.385. The maximum atomic E-state index is 11.8. The predicted molar refractivity (Wildman–Crippen MR) is 123 cm³/mol. The molecule has 1 fully saturated rings. The van der Waals surface area contributed by atoms with E-state index >= 15 is 0 Å². The highest BCUT2D eigenvalue weighted by atomic mass is 28.3. The van der Waals surface area contributed by atoms with E-state index in [0.29, 0.717) is 22.2 Å². The van der Waals surface area contributed by atoms with Gasteiger partial charge in [0.25, 0.3) is 5.69 Å². The Kier molecular flexibility index (Phi) is 6.68. The van der Waals surface area contributed by atoms with Crippen LogP contribution in [0.1, 0.15) is 72.6 Å². The van der Waals surface area contributed by atoms with Gasteiger partial charge >= 0.3 is 0 Å². The van der Waals surface area contributed by atoms with Gasteiger partial charge in [0.1, 0.15) is 13.6 Å². The van der Waals surface area contributed by atoms with Gasteiger partial charge < -0.3 is 4.74 Å². The van der Waals surface area contributed by atoms with Crippen molar-refractivity contribution in [2.24, 2.45) is 0 Å². The van der Waals surface area contributed by atoms with Crippen molar-refractivity contribution >= 4 is 24.7 Å². The summed E-state index contributed by atoms with van der Waals surface area (Å²) in [4.78, 5) is 11.5. The van der Waals surface area contributed by atoms with E-state index in [4.69, 9.17) is 4.74 Å². The molecular formula is C23H33N3O3Si. The van der Waals surface area contributed by atoms with Crippen LogP contribution in [-0.4, -0.2) is 29.4 Å². The molecule has 2 aromatic rings. The summed E-state index contributed by atoms with van der Waals surface area (Å²) in [5.74, 6) is 3.28. The van der Waals surface area contributed by atoms with E-state index in [2.05, 4.69) is 58.1 Å². The number of nitrogens with zero attached hydrogens (tertiary/aromatic N) is 3. The molecule has 6 nitrogen and oxygen atoms in total. The molecule has 30 heavy (non-hydrogen) atoms. The second-order valence-electron chi connectivity index (χ2n) is 9.24. The van der Waals surface area contributed by atoms with Gasteiger partial charge in [-0.3, -0.25) is 10.1 Å². The third kappa shape index (κ3) is 4.03. The van der Waals surface area contributed by atoms with Gasteiger partial charge in [0.05, 0.1) is 16.6 Å². The lowest BCUT2D eigenvalue weighted by atomic mass is 10.1. The topological polar surface area (TPSA) is 70.2 Å². The molecule has 1 unspecified atom stereocenters. The molecule has 0 saturated carbocycles. The van der Waals surface area contributed by atoms with Crippen molar-refractivity contribution in [3.63, 3.8) is 0 Å². The number of ether oxygens (including phenoxy) is 1. The number of aromatic nitrogens is 2. The molecule has 1 aliphatic rings. The summed E-state index contributed by atoms with van der Waals surface area (Å²) >= 11 is 0. The predicted octanol–water partition coefficient (Wildman–Crippen LogP) is 6.21. The molecule has 1 aromatic carbocycles. The van der Waals surface area contributed by atoms with Crippen LogP contribution in [0.25, 0.3) is 10.9 Å². The number of nitro benzene ring substituents is 1. The molecule has 1 atom stereocenters. The van der Waals surface area contributed by atoms with Crippen molar-refractivity contribution in [2.75, 3.05) is 6.61 Å². The minimum atomic E-state index is -2.00. The molecule has 0 spiro atoms. The van der Waals surface area contributed by atoms with Gasteiger partial charge in [-0.05, 0) is 42.0 Å². The molecular weight excluding hydrogens is 394 g/mol. The number of benzene rings is 1. The van der Waals surface area contributed by atoms with Gasteiger partial charge in [-0.2, -0.15) is 5.10 Å². The monoisotopic (exact) mass is 427 g/mol. The minimum Gasteiger partial charge on any atom is -0.356 e. The molecule has 7 heteroatoms. The number of hydrogen-bond acceptors (Lipinski definition) is 4. The Balaban J connectivity index is 2.16. The van der Waals surface area contributed by atoms with E-state index in [1.54, 1.807) is 12.3 Å². The van der Waals surface area contributed by atoms with E-state index in [1.165, 1.54) is 0 Å². The first-order chi connectivity index (χ1) is 14.2. The Hall–Kier alpha value is -2.17. The molecule has 162 valence electrons. The maximum Gasteiger partial charge on any atom is 0.285 e. The Labute approximate surface area is 180 Å². The number of hydrogen-bond donors (Lipinski definition) is 0. The van der Waals surface area contributed by atoms with Crippen molar-refractivity contribution in [1.82, 2.24) is 9.78 Å². The Morgan fingerprint density at radius 3 is 2.37 bits per heavy atom. The lowest BCUT2D eigenvalue weighted by Gasteiger charge is -2.38. The average molecular weight is 428 g/mol. The molecule has 0 aliphatic carbocycles. The normalized spacial score (nSPS) is 17.6. The highest BCUT2D eigenvalue weighted by Gasteiger charge is 2.41. The fourth-order valence-corrected chi connectivity index (χ4v) is 10.3. The van der Waals surface area contributed by atoms with Crippen LogP contribution in [0.4, 0.5) is 5.69 Å². The first kappa shape index (κ1) is 22.5. The first-order valence-electron chi connectivity index (χ1n) is 11.0. The lowest BCUT2D eigenvalue weighted by Crippen LogP contribution is -2.43. The van der Waals surface area contributed by atoms with E-state index in [9.17, 15) is 10.1 Å². The Morgan fingerprint density at radius 2 is 1.83 bits per heavy atom. The SMILES string of the molecule is CC(C)[Si](C#Cc1cc2c(cnn2C2CCCCO2)cc1[N+](=O)[O-])(C(C)C)C(C)C. The first-order valence-corrected chi connectivity index (χ1v) is 13.2. The second kappa shape index (κ2) is 8.91. The van der Waals surface area contributed by atoms with Gasteiger partial charge in [0.15, 0.2) is 6.23 Å². The van der Waals surface area contributed by atoms with Crippen LogP contribution in [0.5, 0.6) is 0 Å². The van der Waals surface area contributed by atoms with E-state index in [1.807, 2.05) is 10.7 Å². The van der Waals surface area contributed by atoms with Crippen molar-refractivity contribution in [3.05, 3.63) is 34.0 Å². The molecule has 2 heterocycles. The van der Waals surface area contributed by atoms with Crippen LogP contribution < -0.4 is 0 Å². The molecule has 0 N–H and O–H groups in total. The van der Waals surface area contributed by atoms with Crippen molar-refractivity contribution in [3.8, 4) is 11.5 Å². The summed E-state index contributed by atoms with van der Waals surface area (Å²) in [5, 5.41) is 17.0. The van der Waals surface area contributed by atoms with Gasteiger partial charge in [0.2, 0.25) is 0 Å². The summed E-state index contributed by atoms with van der Waals surface area (Å²) in [7, 11) is -2.00. The molecule has 3 rings (SSSR count). The minimum absolute atomic E-state index is 0.0540. The molecule has 1 saturated heterocycles. The number of rotatable bonds is 5. The zero-order chi connectivity index (χ0) is 22.1. The fourth-order valence-electron chi connectivity index (χ4n) is 5.09. The van der Waals surface area contributed by atoms with Crippen molar-refractivity contribution in [2.45, 2.75) is 83.7 Å². The van der Waals surface area contributed by atoms with Crippen LogP contribution in [0.3, 0.4) is 0 Å². The molecule has 0 amide bonds. The van der Waals surface area contributed by atoms with Crippen LogP contribution >= 0.6 is 0 Å².